The van der Waals surface area contributed by atoms with Crippen LogP contribution in [-0.2, 0) is 0 Å². The zero-order chi connectivity index (χ0) is 9.97. The lowest BCUT2D eigenvalue weighted by molar-refractivity contribution is 0.142. The third-order valence-corrected chi connectivity index (χ3v) is 2.44. The summed E-state index contributed by atoms with van der Waals surface area (Å²) < 4.78 is 5.58. The van der Waals surface area contributed by atoms with Gasteiger partial charge in [-0.2, -0.15) is 5.26 Å². The second-order valence-electron chi connectivity index (χ2n) is 3.12. The van der Waals surface area contributed by atoms with Gasteiger partial charge >= 0.3 is 0 Å². The Morgan fingerprint density at radius 3 is 2.86 bits per heavy atom. The zero-order valence-electron chi connectivity index (χ0n) is 7.46. The molecule has 0 aromatic heterocycles. The average molecular weight is 209 g/mol. The third-order valence-electron chi connectivity index (χ3n) is 2.12. The highest BCUT2D eigenvalue weighted by atomic mass is 35.5. The lowest BCUT2D eigenvalue weighted by Crippen LogP contribution is -2.50. The van der Waals surface area contributed by atoms with E-state index < -0.39 is 0 Å². The van der Waals surface area contributed by atoms with Crippen molar-refractivity contribution in [2.24, 2.45) is 0 Å². The molecule has 72 valence electrons. The molecule has 1 aliphatic heterocycles. The van der Waals surface area contributed by atoms with Gasteiger partial charge in [-0.25, -0.2) is 0 Å². The summed E-state index contributed by atoms with van der Waals surface area (Å²) in [4.78, 5) is 0. The highest BCUT2D eigenvalue weighted by molar-refractivity contribution is 6.31. The van der Waals surface area contributed by atoms with Gasteiger partial charge in [-0.3, -0.25) is 0 Å². The first-order chi connectivity index (χ1) is 6.81. The fourth-order valence-corrected chi connectivity index (χ4v) is 1.44. The van der Waals surface area contributed by atoms with Gasteiger partial charge < -0.3 is 10.1 Å². The zero-order valence-corrected chi connectivity index (χ0v) is 8.21. The molecule has 1 aromatic rings. The van der Waals surface area contributed by atoms with Gasteiger partial charge in [-0.05, 0) is 12.1 Å². The second kappa shape index (κ2) is 3.87. The van der Waals surface area contributed by atoms with Crippen LogP contribution in [0.25, 0.3) is 0 Å². The molecule has 0 spiro atoms. The van der Waals surface area contributed by atoms with E-state index in [4.69, 9.17) is 21.6 Å². The van der Waals surface area contributed by atoms with Crippen molar-refractivity contribution < 1.29 is 4.74 Å². The van der Waals surface area contributed by atoms with Gasteiger partial charge in [0.05, 0.1) is 5.02 Å². The van der Waals surface area contributed by atoms with Crippen LogP contribution in [0.1, 0.15) is 5.56 Å². The number of nitriles is 1. The van der Waals surface area contributed by atoms with Gasteiger partial charge in [0, 0.05) is 13.1 Å². The summed E-state index contributed by atoms with van der Waals surface area (Å²) in [6.07, 6.45) is 0.167. The molecule has 2 rings (SSSR count). The van der Waals surface area contributed by atoms with Crippen LogP contribution in [0.2, 0.25) is 5.02 Å². The molecule has 14 heavy (non-hydrogen) atoms. The molecule has 0 amide bonds. The minimum atomic E-state index is 0.167. The van der Waals surface area contributed by atoms with Crippen molar-refractivity contribution in [3.8, 4) is 11.8 Å². The summed E-state index contributed by atoms with van der Waals surface area (Å²) in [5.74, 6) is 0.575. The number of ether oxygens (including phenoxy) is 1. The number of nitrogens with zero attached hydrogens (tertiary/aromatic N) is 1. The summed E-state index contributed by atoms with van der Waals surface area (Å²) in [5.41, 5.74) is 0.418. The van der Waals surface area contributed by atoms with Crippen LogP contribution >= 0.6 is 11.6 Å². The number of benzene rings is 1. The minimum absolute atomic E-state index is 0.167. The summed E-state index contributed by atoms with van der Waals surface area (Å²) in [6.45, 7) is 1.66. The fourth-order valence-electron chi connectivity index (χ4n) is 1.24. The van der Waals surface area contributed by atoms with Crippen LogP contribution < -0.4 is 10.1 Å². The summed E-state index contributed by atoms with van der Waals surface area (Å²) in [5, 5.41) is 12.4. The Morgan fingerprint density at radius 2 is 2.29 bits per heavy atom. The Balaban J connectivity index is 2.23. The number of rotatable bonds is 2. The van der Waals surface area contributed by atoms with Crippen molar-refractivity contribution in [1.82, 2.24) is 5.32 Å². The van der Waals surface area contributed by atoms with Crippen LogP contribution in [0, 0.1) is 11.3 Å². The molecule has 1 saturated heterocycles. The van der Waals surface area contributed by atoms with E-state index in [1.807, 2.05) is 6.07 Å². The van der Waals surface area contributed by atoms with E-state index in [0.717, 1.165) is 13.1 Å². The molecular weight excluding hydrogens is 200 g/mol. The number of nitrogens with one attached hydrogen (secondary N) is 1. The van der Waals surface area contributed by atoms with E-state index in [1.165, 1.54) is 0 Å². The maximum atomic E-state index is 8.87. The Bertz CT molecular complexity index is 382. The predicted molar refractivity (Wildman–Crippen MR) is 53.5 cm³/mol. The molecule has 0 bridgehead atoms. The first-order valence-electron chi connectivity index (χ1n) is 4.37. The van der Waals surface area contributed by atoms with Crippen molar-refractivity contribution in [3.63, 3.8) is 0 Å². The van der Waals surface area contributed by atoms with Crippen LogP contribution in [0.3, 0.4) is 0 Å². The van der Waals surface area contributed by atoms with Crippen molar-refractivity contribution in [1.29, 1.82) is 5.26 Å². The van der Waals surface area contributed by atoms with Crippen LogP contribution in [0.4, 0.5) is 0 Å². The number of hydrogen-bond acceptors (Lipinski definition) is 3. The summed E-state index contributed by atoms with van der Waals surface area (Å²) >= 11 is 5.86. The quantitative estimate of drug-likeness (QED) is 0.803. The monoisotopic (exact) mass is 208 g/mol. The van der Waals surface area contributed by atoms with Gasteiger partial charge in [0.2, 0.25) is 0 Å². The fraction of sp³-hybridized carbons (Fsp3) is 0.300. The first kappa shape index (κ1) is 9.32. The van der Waals surface area contributed by atoms with Gasteiger partial charge in [0.15, 0.2) is 0 Å². The molecule has 1 aromatic carbocycles. The standard InChI is InChI=1S/C10H9ClN2O/c11-9-2-1-3-10(8(9)4-12)14-7-5-13-6-7/h1-3,7,13H,5-6H2. The predicted octanol–water partition coefficient (Wildman–Crippen LogP) is 1.56. The minimum Gasteiger partial charge on any atom is -0.486 e. The van der Waals surface area contributed by atoms with E-state index in [-0.39, 0.29) is 6.10 Å². The van der Waals surface area contributed by atoms with Crippen molar-refractivity contribution in [2.75, 3.05) is 13.1 Å². The SMILES string of the molecule is N#Cc1c(Cl)cccc1OC1CNC1. The van der Waals surface area contributed by atoms with Crippen LogP contribution in [0.15, 0.2) is 18.2 Å². The number of hydrogen-bond donors (Lipinski definition) is 1. The van der Waals surface area contributed by atoms with E-state index >= 15 is 0 Å². The molecule has 1 heterocycles. The van der Waals surface area contributed by atoms with E-state index in [9.17, 15) is 0 Å². The molecule has 3 nitrogen and oxygen atoms in total. The van der Waals surface area contributed by atoms with Gasteiger partial charge in [0.25, 0.3) is 0 Å². The van der Waals surface area contributed by atoms with Gasteiger partial charge in [-0.15, -0.1) is 0 Å². The molecular formula is C10H9ClN2O. The van der Waals surface area contributed by atoms with E-state index in [0.29, 0.717) is 16.3 Å². The van der Waals surface area contributed by atoms with Crippen molar-refractivity contribution >= 4 is 11.6 Å². The average Bonchev–Trinajstić information content (AvgIpc) is 2.11. The van der Waals surface area contributed by atoms with Gasteiger partial charge in [0.1, 0.15) is 23.5 Å². The molecule has 0 aliphatic carbocycles. The summed E-state index contributed by atoms with van der Waals surface area (Å²) in [7, 11) is 0. The normalized spacial score (nSPS) is 15.7. The maximum absolute atomic E-state index is 8.87. The second-order valence-corrected chi connectivity index (χ2v) is 3.53. The Morgan fingerprint density at radius 1 is 1.50 bits per heavy atom. The molecule has 1 fully saturated rings. The van der Waals surface area contributed by atoms with Crippen LogP contribution in [0.5, 0.6) is 5.75 Å². The molecule has 4 heteroatoms. The summed E-state index contributed by atoms with van der Waals surface area (Å²) in [6, 6.07) is 7.28. The molecule has 0 saturated carbocycles. The maximum Gasteiger partial charge on any atom is 0.139 e. The topological polar surface area (TPSA) is 45.0 Å². The Kier molecular flexibility index (Phi) is 2.58. The third kappa shape index (κ3) is 1.67. The molecule has 1 aliphatic rings. The molecule has 1 N–H and O–H groups in total. The molecule has 0 unspecified atom stereocenters. The Labute approximate surface area is 87.2 Å². The first-order valence-corrected chi connectivity index (χ1v) is 4.75. The van der Waals surface area contributed by atoms with E-state index in [1.54, 1.807) is 18.2 Å². The number of halogens is 1. The highest BCUT2D eigenvalue weighted by Crippen LogP contribution is 2.26. The molecule has 0 atom stereocenters. The highest BCUT2D eigenvalue weighted by Gasteiger charge is 2.20. The van der Waals surface area contributed by atoms with Gasteiger partial charge in [-0.1, -0.05) is 17.7 Å². The van der Waals surface area contributed by atoms with E-state index in [2.05, 4.69) is 5.32 Å². The lowest BCUT2D eigenvalue weighted by Gasteiger charge is -2.28. The lowest BCUT2D eigenvalue weighted by atomic mass is 10.2. The van der Waals surface area contributed by atoms with Crippen molar-refractivity contribution in [3.05, 3.63) is 28.8 Å². The van der Waals surface area contributed by atoms with Crippen LogP contribution in [-0.4, -0.2) is 19.2 Å². The van der Waals surface area contributed by atoms with Crippen molar-refractivity contribution in [2.45, 2.75) is 6.10 Å². The molecule has 0 radical (unpaired) electrons. The smallest absolute Gasteiger partial charge is 0.139 e. The Hall–Kier alpha value is -1.24. The largest absolute Gasteiger partial charge is 0.486 e.